The zero-order valence-electron chi connectivity index (χ0n) is 13.6. The summed E-state index contributed by atoms with van der Waals surface area (Å²) in [6.45, 7) is 1.88. The van der Waals surface area contributed by atoms with E-state index in [1.807, 2.05) is 0 Å². The molecule has 0 aliphatic carbocycles. The molecular weight excluding hydrogens is 322 g/mol. The van der Waals surface area contributed by atoms with Gasteiger partial charge in [0.2, 0.25) is 0 Å². The third kappa shape index (κ3) is 4.28. The molecule has 25 heavy (non-hydrogen) atoms. The number of hydrogen-bond acceptors (Lipinski definition) is 6. The quantitative estimate of drug-likeness (QED) is 0.803. The SMILES string of the molecule is O=C(NC(Cc1ccncc1)C(=O)O)c1ccc(N2CCCC2)nn1. The van der Waals surface area contributed by atoms with Gasteiger partial charge in [-0.05, 0) is 42.7 Å². The Morgan fingerprint density at radius 3 is 2.44 bits per heavy atom. The summed E-state index contributed by atoms with van der Waals surface area (Å²) in [7, 11) is 0. The van der Waals surface area contributed by atoms with Crippen LogP contribution in [-0.2, 0) is 11.2 Å². The third-order valence-corrected chi connectivity index (χ3v) is 4.11. The van der Waals surface area contributed by atoms with Crippen molar-refractivity contribution in [3.63, 3.8) is 0 Å². The Labute approximate surface area is 144 Å². The smallest absolute Gasteiger partial charge is 0.326 e. The van der Waals surface area contributed by atoms with Crippen LogP contribution in [0.25, 0.3) is 0 Å². The molecule has 8 nitrogen and oxygen atoms in total. The van der Waals surface area contributed by atoms with E-state index in [-0.39, 0.29) is 12.1 Å². The molecule has 3 heterocycles. The van der Waals surface area contributed by atoms with E-state index in [0.717, 1.165) is 37.3 Å². The molecule has 0 aromatic carbocycles. The first-order valence-electron chi connectivity index (χ1n) is 8.15. The summed E-state index contributed by atoms with van der Waals surface area (Å²) in [5, 5.41) is 19.9. The number of anilines is 1. The van der Waals surface area contributed by atoms with E-state index in [4.69, 9.17) is 0 Å². The second-order valence-electron chi connectivity index (χ2n) is 5.89. The van der Waals surface area contributed by atoms with Gasteiger partial charge in [0.05, 0.1) is 0 Å². The number of rotatable bonds is 6. The Balaban J connectivity index is 1.65. The molecule has 1 amide bonds. The van der Waals surface area contributed by atoms with E-state index in [0.29, 0.717) is 0 Å². The topological polar surface area (TPSA) is 108 Å². The lowest BCUT2D eigenvalue weighted by Crippen LogP contribution is -2.42. The summed E-state index contributed by atoms with van der Waals surface area (Å²) in [5.41, 5.74) is 0.877. The van der Waals surface area contributed by atoms with Gasteiger partial charge in [-0.3, -0.25) is 9.78 Å². The lowest BCUT2D eigenvalue weighted by Gasteiger charge is -2.16. The fourth-order valence-corrected chi connectivity index (χ4v) is 2.75. The highest BCUT2D eigenvalue weighted by Gasteiger charge is 2.22. The number of carbonyl (C=O) groups is 2. The molecule has 1 aliphatic heterocycles. The van der Waals surface area contributed by atoms with Crippen molar-refractivity contribution >= 4 is 17.7 Å². The molecule has 1 saturated heterocycles. The van der Waals surface area contributed by atoms with Gasteiger partial charge < -0.3 is 15.3 Å². The summed E-state index contributed by atoms with van der Waals surface area (Å²) < 4.78 is 0. The minimum absolute atomic E-state index is 0.101. The lowest BCUT2D eigenvalue weighted by atomic mass is 10.1. The minimum Gasteiger partial charge on any atom is -0.480 e. The Kier molecular flexibility index (Phi) is 5.17. The van der Waals surface area contributed by atoms with Crippen molar-refractivity contribution < 1.29 is 14.7 Å². The van der Waals surface area contributed by atoms with Crippen LogP contribution in [0, 0.1) is 0 Å². The molecule has 0 radical (unpaired) electrons. The maximum absolute atomic E-state index is 12.3. The highest BCUT2D eigenvalue weighted by Crippen LogP contribution is 2.16. The van der Waals surface area contributed by atoms with Crippen LogP contribution in [0.1, 0.15) is 28.9 Å². The fraction of sp³-hybridized carbons (Fsp3) is 0.353. The number of hydrogen-bond donors (Lipinski definition) is 2. The van der Waals surface area contributed by atoms with E-state index in [1.165, 1.54) is 0 Å². The van der Waals surface area contributed by atoms with Crippen molar-refractivity contribution in [1.29, 1.82) is 0 Å². The van der Waals surface area contributed by atoms with Gasteiger partial charge >= 0.3 is 5.97 Å². The van der Waals surface area contributed by atoms with Gasteiger partial charge in [-0.1, -0.05) is 0 Å². The number of aromatic nitrogens is 3. The van der Waals surface area contributed by atoms with Crippen LogP contribution in [0.4, 0.5) is 5.82 Å². The van der Waals surface area contributed by atoms with Crippen LogP contribution in [0.15, 0.2) is 36.7 Å². The minimum atomic E-state index is -1.10. The highest BCUT2D eigenvalue weighted by atomic mass is 16.4. The van der Waals surface area contributed by atoms with Crippen LogP contribution in [0.3, 0.4) is 0 Å². The summed E-state index contributed by atoms with van der Waals surface area (Å²) in [5.74, 6) is -0.922. The van der Waals surface area contributed by atoms with Crippen LogP contribution in [0.2, 0.25) is 0 Å². The van der Waals surface area contributed by atoms with Gasteiger partial charge in [0.25, 0.3) is 5.91 Å². The molecule has 0 bridgehead atoms. The molecule has 1 unspecified atom stereocenters. The fourth-order valence-electron chi connectivity index (χ4n) is 2.75. The predicted octanol–water partition coefficient (Wildman–Crippen LogP) is 0.897. The molecule has 1 fully saturated rings. The van der Waals surface area contributed by atoms with Crippen LogP contribution in [-0.4, -0.2) is 51.3 Å². The van der Waals surface area contributed by atoms with Crippen molar-refractivity contribution in [1.82, 2.24) is 20.5 Å². The average Bonchev–Trinajstić information content (AvgIpc) is 3.16. The van der Waals surface area contributed by atoms with Gasteiger partial charge in [-0.2, -0.15) is 0 Å². The summed E-state index contributed by atoms with van der Waals surface area (Å²) in [6.07, 6.45) is 5.58. The Hall–Kier alpha value is -3.03. The number of carboxylic acid groups (broad SMARTS) is 1. The third-order valence-electron chi connectivity index (χ3n) is 4.11. The first kappa shape index (κ1) is 16.8. The second kappa shape index (κ2) is 7.69. The maximum Gasteiger partial charge on any atom is 0.326 e. The number of amides is 1. The molecular formula is C17H19N5O3. The lowest BCUT2D eigenvalue weighted by molar-refractivity contribution is -0.139. The number of aliphatic carboxylic acids is 1. The van der Waals surface area contributed by atoms with Gasteiger partial charge in [-0.15, -0.1) is 10.2 Å². The monoisotopic (exact) mass is 341 g/mol. The molecule has 0 spiro atoms. The van der Waals surface area contributed by atoms with E-state index in [9.17, 15) is 14.7 Å². The molecule has 2 aromatic heterocycles. The normalized spacial score (nSPS) is 15.0. The summed E-state index contributed by atoms with van der Waals surface area (Å²) >= 11 is 0. The van der Waals surface area contributed by atoms with Crippen molar-refractivity contribution in [2.75, 3.05) is 18.0 Å². The maximum atomic E-state index is 12.3. The predicted molar refractivity (Wildman–Crippen MR) is 90.3 cm³/mol. The number of nitrogens with one attached hydrogen (secondary N) is 1. The molecule has 2 aromatic rings. The molecule has 2 N–H and O–H groups in total. The van der Waals surface area contributed by atoms with E-state index in [2.05, 4.69) is 25.4 Å². The molecule has 3 rings (SSSR count). The standard InChI is InChI=1S/C17H19N5O3/c23-16(13-3-4-15(21-20-13)22-9-1-2-10-22)19-14(17(24)25)11-12-5-7-18-8-6-12/h3-8,14H,1-2,9-11H2,(H,19,23)(H,24,25). The van der Waals surface area contributed by atoms with Crippen molar-refractivity contribution in [3.8, 4) is 0 Å². The summed E-state index contributed by atoms with van der Waals surface area (Å²) in [6, 6.07) is 5.70. The van der Waals surface area contributed by atoms with Crippen molar-refractivity contribution in [2.45, 2.75) is 25.3 Å². The summed E-state index contributed by atoms with van der Waals surface area (Å²) in [4.78, 5) is 29.7. The van der Waals surface area contributed by atoms with Crippen molar-refractivity contribution in [2.24, 2.45) is 0 Å². The molecule has 130 valence electrons. The highest BCUT2D eigenvalue weighted by molar-refractivity contribution is 5.95. The molecule has 8 heteroatoms. The van der Waals surface area contributed by atoms with Gasteiger partial charge in [-0.25, -0.2) is 4.79 Å². The number of carboxylic acids is 1. The molecule has 0 saturated carbocycles. The Bertz CT molecular complexity index is 730. The van der Waals surface area contributed by atoms with Gasteiger partial charge in [0.1, 0.15) is 6.04 Å². The van der Waals surface area contributed by atoms with Crippen molar-refractivity contribution in [3.05, 3.63) is 47.9 Å². The van der Waals surface area contributed by atoms with E-state index in [1.54, 1.807) is 36.7 Å². The molecule has 1 atom stereocenters. The van der Waals surface area contributed by atoms with E-state index >= 15 is 0 Å². The van der Waals surface area contributed by atoms with E-state index < -0.39 is 17.9 Å². The first-order valence-corrected chi connectivity index (χ1v) is 8.15. The Morgan fingerprint density at radius 2 is 1.84 bits per heavy atom. The van der Waals surface area contributed by atoms with Crippen LogP contribution in [0.5, 0.6) is 0 Å². The first-order chi connectivity index (χ1) is 12.1. The van der Waals surface area contributed by atoms with Crippen LogP contribution >= 0.6 is 0 Å². The van der Waals surface area contributed by atoms with Gasteiger partial charge in [0, 0.05) is 31.9 Å². The average molecular weight is 341 g/mol. The Morgan fingerprint density at radius 1 is 1.12 bits per heavy atom. The number of pyridine rings is 1. The zero-order chi connectivity index (χ0) is 17.6. The largest absolute Gasteiger partial charge is 0.480 e. The van der Waals surface area contributed by atoms with Crippen LogP contribution < -0.4 is 10.2 Å². The van der Waals surface area contributed by atoms with Gasteiger partial charge in [0.15, 0.2) is 11.5 Å². The number of nitrogens with zero attached hydrogens (tertiary/aromatic N) is 4. The zero-order valence-corrected chi connectivity index (χ0v) is 13.6. The second-order valence-corrected chi connectivity index (χ2v) is 5.89. The molecule has 1 aliphatic rings. The number of carbonyl (C=O) groups excluding carboxylic acids is 1.